The van der Waals surface area contributed by atoms with Crippen LogP contribution in [-0.4, -0.2) is 42.0 Å². The third-order valence-electron chi connectivity index (χ3n) is 3.46. The van der Waals surface area contributed by atoms with Crippen LogP contribution in [0.5, 0.6) is 0 Å². The predicted octanol–water partition coefficient (Wildman–Crippen LogP) is 1.44. The number of rotatable bonds is 2. The molecule has 1 atom stereocenters. The van der Waals surface area contributed by atoms with E-state index in [0.717, 1.165) is 13.0 Å². The van der Waals surface area contributed by atoms with Gasteiger partial charge < -0.3 is 4.90 Å². The Labute approximate surface area is 86.1 Å². The molecule has 0 aliphatic carbocycles. The third kappa shape index (κ3) is 2.08. The lowest BCUT2D eigenvalue weighted by molar-refractivity contribution is -0.121. The van der Waals surface area contributed by atoms with Gasteiger partial charge in [-0.1, -0.05) is 12.8 Å². The number of nitrogens with zero attached hydrogens (tertiary/aromatic N) is 2. The van der Waals surface area contributed by atoms with E-state index in [1.807, 2.05) is 4.90 Å². The number of likely N-dealkylation sites (tertiary alicyclic amines) is 2. The molecule has 0 aromatic heterocycles. The van der Waals surface area contributed by atoms with Crippen LogP contribution in [0.1, 0.15) is 38.5 Å². The summed E-state index contributed by atoms with van der Waals surface area (Å²) in [6.07, 6.45) is 9.16. The maximum Gasteiger partial charge on any atom is 0.210 e. The maximum absolute atomic E-state index is 10.8. The Hall–Kier alpha value is -0.570. The highest BCUT2D eigenvalue weighted by Gasteiger charge is 2.28. The van der Waals surface area contributed by atoms with Gasteiger partial charge in [0.25, 0.3) is 0 Å². The van der Waals surface area contributed by atoms with Gasteiger partial charge in [-0.3, -0.25) is 9.69 Å². The molecule has 2 heterocycles. The fourth-order valence-electron chi connectivity index (χ4n) is 2.68. The number of hydrogen-bond acceptors (Lipinski definition) is 2. The average Bonchev–Trinajstić information content (AvgIpc) is 2.52. The quantitative estimate of drug-likeness (QED) is 0.624. The molecule has 3 heteroatoms. The molecule has 1 amide bonds. The van der Waals surface area contributed by atoms with Crippen LogP contribution in [0.2, 0.25) is 0 Å². The van der Waals surface area contributed by atoms with Crippen molar-refractivity contribution in [1.82, 2.24) is 9.80 Å². The standard InChI is InChI=1S/C11H20N2O/c14-10-13-9-5-6-11(13)12-7-3-1-2-4-8-12/h10-11H,1-9H2. The van der Waals surface area contributed by atoms with Gasteiger partial charge >= 0.3 is 0 Å². The molecule has 1 unspecified atom stereocenters. The van der Waals surface area contributed by atoms with Gasteiger partial charge in [0.15, 0.2) is 0 Å². The van der Waals surface area contributed by atoms with Gasteiger partial charge in [-0.05, 0) is 25.7 Å². The molecule has 2 fully saturated rings. The Morgan fingerprint density at radius 3 is 2.29 bits per heavy atom. The summed E-state index contributed by atoms with van der Waals surface area (Å²) in [5.41, 5.74) is 0. The van der Waals surface area contributed by atoms with E-state index in [2.05, 4.69) is 4.90 Å². The van der Waals surface area contributed by atoms with Crippen LogP contribution in [0.3, 0.4) is 0 Å². The molecule has 0 radical (unpaired) electrons. The van der Waals surface area contributed by atoms with Gasteiger partial charge in [-0.2, -0.15) is 0 Å². The van der Waals surface area contributed by atoms with Crippen molar-refractivity contribution in [2.45, 2.75) is 44.7 Å². The summed E-state index contributed by atoms with van der Waals surface area (Å²) < 4.78 is 0. The van der Waals surface area contributed by atoms with E-state index in [1.165, 1.54) is 51.6 Å². The van der Waals surface area contributed by atoms with E-state index < -0.39 is 0 Å². The highest BCUT2D eigenvalue weighted by molar-refractivity contribution is 5.48. The second kappa shape index (κ2) is 4.78. The molecule has 0 spiro atoms. The van der Waals surface area contributed by atoms with Crippen molar-refractivity contribution in [3.8, 4) is 0 Å². The monoisotopic (exact) mass is 196 g/mol. The summed E-state index contributed by atoms with van der Waals surface area (Å²) in [5.74, 6) is 0. The molecular weight excluding hydrogens is 176 g/mol. The number of carbonyl (C=O) groups is 1. The molecule has 0 aromatic carbocycles. The van der Waals surface area contributed by atoms with E-state index in [4.69, 9.17) is 0 Å². The number of carbonyl (C=O) groups excluding carboxylic acids is 1. The zero-order chi connectivity index (χ0) is 9.80. The summed E-state index contributed by atoms with van der Waals surface area (Å²) in [7, 11) is 0. The molecule has 2 aliphatic rings. The minimum Gasteiger partial charge on any atom is -0.330 e. The van der Waals surface area contributed by atoms with E-state index in [-0.39, 0.29) is 0 Å². The summed E-state index contributed by atoms with van der Waals surface area (Å²) in [6, 6.07) is 0. The van der Waals surface area contributed by atoms with E-state index in [1.54, 1.807) is 0 Å². The van der Waals surface area contributed by atoms with Crippen molar-refractivity contribution < 1.29 is 4.79 Å². The van der Waals surface area contributed by atoms with Crippen LogP contribution in [0.4, 0.5) is 0 Å². The first-order valence-corrected chi connectivity index (χ1v) is 5.87. The van der Waals surface area contributed by atoms with Crippen LogP contribution < -0.4 is 0 Å². The van der Waals surface area contributed by atoms with Gasteiger partial charge in [0.1, 0.15) is 0 Å². The van der Waals surface area contributed by atoms with Crippen LogP contribution in [0, 0.1) is 0 Å². The Morgan fingerprint density at radius 2 is 1.64 bits per heavy atom. The van der Waals surface area contributed by atoms with Crippen LogP contribution >= 0.6 is 0 Å². The second-order valence-electron chi connectivity index (χ2n) is 4.42. The molecule has 0 saturated carbocycles. The Balaban J connectivity index is 1.94. The van der Waals surface area contributed by atoms with Crippen LogP contribution in [-0.2, 0) is 4.79 Å². The largest absolute Gasteiger partial charge is 0.330 e. The molecule has 2 saturated heterocycles. The van der Waals surface area contributed by atoms with Gasteiger partial charge in [-0.25, -0.2) is 0 Å². The summed E-state index contributed by atoms with van der Waals surface area (Å²) >= 11 is 0. The third-order valence-corrected chi connectivity index (χ3v) is 3.46. The minimum absolute atomic E-state index is 0.422. The smallest absolute Gasteiger partial charge is 0.210 e. The van der Waals surface area contributed by atoms with E-state index >= 15 is 0 Å². The van der Waals surface area contributed by atoms with Crippen molar-refractivity contribution in [3.05, 3.63) is 0 Å². The zero-order valence-corrected chi connectivity index (χ0v) is 8.82. The van der Waals surface area contributed by atoms with E-state index in [9.17, 15) is 4.79 Å². The lowest BCUT2D eigenvalue weighted by atomic mass is 10.2. The van der Waals surface area contributed by atoms with Gasteiger partial charge in [0, 0.05) is 19.6 Å². The molecule has 2 rings (SSSR count). The van der Waals surface area contributed by atoms with Crippen molar-refractivity contribution >= 4 is 6.41 Å². The number of amides is 1. The normalized spacial score (nSPS) is 30.3. The molecule has 14 heavy (non-hydrogen) atoms. The summed E-state index contributed by atoms with van der Waals surface area (Å²) in [4.78, 5) is 15.3. The number of hydrogen-bond donors (Lipinski definition) is 0. The highest BCUT2D eigenvalue weighted by atomic mass is 16.1. The van der Waals surface area contributed by atoms with Gasteiger partial charge in [0.05, 0.1) is 6.17 Å². The second-order valence-corrected chi connectivity index (χ2v) is 4.42. The Kier molecular flexibility index (Phi) is 3.40. The molecular formula is C11H20N2O. The first-order valence-electron chi connectivity index (χ1n) is 5.87. The SMILES string of the molecule is O=CN1CCCC1N1CCCCCC1. The van der Waals surface area contributed by atoms with Gasteiger partial charge in [-0.15, -0.1) is 0 Å². The highest BCUT2D eigenvalue weighted by Crippen LogP contribution is 2.22. The fourth-order valence-corrected chi connectivity index (χ4v) is 2.68. The van der Waals surface area contributed by atoms with Crippen molar-refractivity contribution in [3.63, 3.8) is 0 Å². The maximum atomic E-state index is 10.8. The Bertz CT molecular complexity index is 188. The lowest BCUT2D eigenvalue weighted by Gasteiger charge is -2.32. The predicted molar refractivity (Wildman–Crippen MR) is 55.8 cm³/mol. The molecule has 0 N–H and O–H groups in total. The fraction of sp³-hybridized carbons (Fsp3) is 0.909. The summed E-state index contributed by atoms with van der Waals surface area (Å²) in [6.45, 7) is 3.34. The molecule has 3 nitrogen and oxygen atoms in total. The zero-order valence-electron chi connectivity index (χ0n) is 8.82. The molecule has 0 bridgehead atoms. The molecule has 80 valence electrons. The van der Waals surface area contributed by atoms with Crippen molar-refractivity contribution in [2.75, 3.05) is 19.6 Å². The van der Waals surface area contributed by atoms with Gasteiger partial charge in [0.2, 0.25) is 6.41 Å². The summed E-state index contributed by atoms with van der Waals surface area (Å²) in [5, 5.41) is 0. The van der Waals surface area contributed by atoms with Crippen molar-refractivity contribution in [2.24, 2.45) is 0 Å². The first kappa shape index (κ1) is 9.97. The van der Waals surface area contributed by atoms with Crippen LogP contribution in [0.15, 0.2) is 0 Å². The lowest BCUT2D eigenvalue weighted by Crippen LogP contribution is -2.44. The Morgan fingerprint density at radius 1 is 0.929 bits per heavy atom. The topological polar surface area (TPSA) is 23.6 Å². The van der Waals surface area contributed by atoms with Crippen LogP contribution in [0.25, 0.3) is 0 Å². The van der Waals surface area contributed by atoms with E-state index in [0.29, 0.717) is 6.17 Å². The first-order chi connectivity index (χ1) is 6.92. The average molecular weight is 196 g/mol. The molecule has 2 aliphatic heterocycles. The van der Waals surface area contributed by atoms with Crippen molar-refractivity contribution in [1.29, 1.82) is 0 Å². The minimum atomic E-state index is 0.422. The molecule has 0 aromatic rings.